The first-order chi connectivity index (χ1) is 26.2. The van der Waals surface area contributed by atoms with Gasteiger partial charge in [0, 0.05) is 49.0 Å². The molecule has 0 fully saturated rings. The average Bonchev–Trinajstić information content (AvgIpc) is 3.72. The minimum atomic E-state index is 0.0441. The molecule has 11 rings (SSSR count). The van der Waals surface area contributed by atoms with Gasteiger partial charge in [-0.25, -0.2) is 0 Å². The van der Waals surface area contributed by atoms with Crippen LogP contribution in [0.3, 0.4) is 0 Å². The largest absolute Gasteiger partial charge is 0.375 e. The Kier molecular flexibility index (Phi) is 6.65. The van der Waals surface area contributed by atoms with Crippen molar-refractivity contribution >= 4 is 78.8 Å². The van der Waals surface area contributed by atoms with Gasteiger partial charge in [0.25, 0.3) is 0 Å². The van der Waals surface area contributed by atoms with Crippen molar-refractivity contribution in [1.82, 2.24) is 4.48 Å². The molecule has 4 heterocycles. The molecule has 258 valence electrons. The monoisotopic (exact) mass is 710 g/mol. The number of anilines is 3. The van der Waals surface area contributed by atoms with Gasteiger partial charge in [-0.15, -0.1) is 11.3 Å². The molecule has 0 bridgehead atoms. The van der Waals surface area contributed by atoms with Gasteiger partial charge in [0.15, 0.2) is 0 Å². The average molecular weight is 711 g/mol. The van der Waals surface area contributed by atoms with E-state index in [0.717, 1.165) is 0 Å². The third-order valence-electron chi connectivity index (χ3n) is 12.1. The molecule has 4 heteroatoms. The Morgan fingerprint density at radius 2 is 1.19 bits per heavy atom. The van der Waals surface area contributed by atoms with E-state index in [1.807, 2.05) is 11.3 Å². The van der Waals surface area contributed by atoms with Crippen molar-refractivity contribution in [1.29, 1.82) is 0 Å². The number of benzene rings is 7. The first-order valence-electron chi connectivity index (χ1n) is 19.0. The van der Waals surface area contributed by atoms with Crippen molar-refractivity contribution < 1.29 is 0 Å². The molecule has 2 nitrogen and oxygen atoms in total. The Morgan fingerprint density at radius 1 is 0.537 bits per heavy atom. The molecule has 0 radical (unpaired) electrons. The molecule has 0 spiro atoms. The molecule has 2 aromatic heterocycles. The highest BCUT2D eigenvalue weighted by atomic mass is 32.1. The lowest BCUT2D eigenvalue weighted by Gasteiger charge is -2.38. The number of thiophene rings is 1. The molecule has 0 unspecified atom stereocenters. The standard InChI is InChI=1S/C50H39BN2S/c1-28-19-30(3)46(31(4)20-28)36-13-9-14-38(23-36)52-44-26-37(47-32(5)21-29(2)22-33(47)6)17-18-42(44)51-48-45(52)27-54-50(48)40-16-10-15-39-41-24-34-11-7-8-12-35(34)25-43(41)53(51)49(39)40/h7-27H,1-6H3. The van der Waals surface area contributed by atoms with Crippen LogP contribution < -0.4 is 15.8 Å². The van der Waals surface area contributed by atoms with E-state index in [1.54, 1.807) is 0 Å². The zero-order valence-electron chi connectivity index (χ0n) is 31.5. The molecule has 0 aliphatic carbocycles. The van der Waals surface area contributed by atoms with E-state index in [-0.39, 0.29) is 6.85 Å². The van der Waals surface area contributed by atoms with Crippen LogP contribution in [0.5, 0.6) is 0 Å². The summed E-state index contributed by atoms with van der Waals surface area (Å²) in [5.41, 5.74) is 23.5. The quantitative estimate of drug-likeness (QED) is 0.166. The van der Waals surface area contributed by atoms with Crippen molar-refractivity contribution in [2.45, 2.75) is 41.5 Å². The molecule has 0 atom stereocenters. The van der Waals surface area contributed by atoms with E-state index in [2.05, 4.69) is 178 Å². The van der Waals surface area contributed by atoms with Gasteiger partial charge in [-0.3, -0.25) is 0 Å². The van der Waals surface area contributed by atoms with Crippen LogP contribution in [-0.4, -0.2) is 11.3 Å². The number of para-hydroxylation sites is 1. The van der Waals surface area contributed by atoms with Crippen molar-refractivity contribution in [3.05, 3.63) is 160 Å². The van der Waals surface area contributed by atoms with Crippen LogP contribution in [0.2, 0.25) is 0 Å². The Balaban J connectivity index is 1.22. The Hall–Kier alpha value is -5.84. The third kappa shape index (κ3) is 4.35. The summed E-state index contributed by atoms with van der Waals surface area (Å²) < 4.78 is 2.68. The predicted octanol–water partition coefficient (Wildman–Crippen LogP) is 12.6. The zero-order valence-corrected chi connectivity index (χ0v) is 32.3. The van der Waals surface area contributed by atoms with Gasteiger partial charge in [0.2, 0.25) is 0 Å². The maximum absolute atomic E-state index is 2.68. The third-order valence-corrected chi connectivity index (χ3v) is 13.1. The summed E-state index contributed by atoms with van der Waals surface area (Å²) in [4.78, 5) is 3.95. The SMILES string of the molecule is Cc1cc(C)c(-c2cccc(N3c4cc(-c5c(C)cc(C)cc5C)ccc4B4c5c3csc5-c3cccc5c6cc7ccccc7cc6n4c35)c2)c(C)c1. The Bertz CT molecular complexity index is 3040. The van der Waals surface area contributed by atoms with Crippen LogP contribution in [0.4, 0.5) is 17.1 Å². The summed E-state index contributed by atoms with van der Waals surface area (Å²) in [5.74, 6) is 0. The smallest absolute Gasteiger partial charge is 0.333 e. The fraction of sp³-hybridized carbons (Fsp3) is 0.120. The summed E-state index contributed by atoms with van der Waals surface area (Å²) in [7, 11) is 0. The van der Waals surface area contributed by atoms with Crippen LogP contribution in [-0.2, 0) is 0 Å². The first kappa shape index (κ1) is 31.7. The molecule has 2 aliphatic heterocycles. The van der Waals surface area contributed by atoms with Crippen molar-refractivity contribution in [3.63, 3.8) is 0 Å². The van der Waals surface area contributed by atoms with Crippen molar-refractivity contribution in [2.75, 3.05) is 4.90 Å². The molecule has 7 aromatic carbocycles. The zero-order chi connectivity index (χ0) is 36.6. The number of hydrogen-bond acceptors (Lipinski definition) is 2. The molecule has 54 heavy (non-hydrogen) atoms. The second-order valence-corrected chi connectivity index (χ2v) is 16.6. The predicted molar refractivity (Wildman–Crippen MR) is 235 cm³/mol. The minimum absolute atomic E-state index is 0.0441. The molecule has 0 amide bonds. The number of aromatic nitrogens is 1. The van der Waals surface area contributed by atoms with Gasteiger partial charge >= 0.3 is 6.85 Å². The maximum atomic E-state index is 2.68. The summed E-state index contributed by atoms with van der Waals surface area (Å²) in [6.07, 6.45) is 0. The van der Waals surface area contributed by atoms with Crippen LogP contribution >= 0.6 is 11.3 Å². The van der Waals surface area contributed by atoms with E-state index in [9.17, 15) is 0 Å². The fourth-order valence-corrected chi connectivity index (χ4v) is 11.4. The van der Waals surface area contributed by atoms with E-state index in [4.69, 9.17) is 0 Å². The second kappa shape index (κ2) is 11.3. The lowest BCUT2D eigenvalue weighted by atomic mass is 9.46. The molecule has 2 aliphatic rings. The second-order valence-electron chi connectivity index (χ2n) is 15.8. The number of aryl methyl sites for hydroxylation is 6. The highest BCUT2D eigenvalue weighted by Gasteiger charge is 2.44. The van der Waals surface area contributed by atoms with Crippen LogP contribution in [0.1, 0.15) is 33.4 Å². The van der Waals surface area contributed by atoms with Crippen molar-refractivity contribution in [3.8, 4) is 32.7 Å². The fourth-order valence-electron chi connectivity index (χ4n) is 10.3. The van der Waals surface area contributed by atoms with Crippen molar-refractivity contribution in [2.24, 2.45) is 0 Å². The van der Waals surface area contributed by atoms with Gasteiger partial charge in [0.05, 0.1) is 5.69 Å². The Morgan fingerprint density at radius 3 is 1.89 bits per heavy atom. The number of rotatable bonds is 3. The molecular formula is C50H39BN2S. The van der Waals surface area contributed by atoms with E-state index in [0.29, 0.717) is 0 Å². The lowest BCUT2D eigenvalue weighted by molar-refractivity contribution is 1.26. The molecule has 0 saturated heterocycles. The molecule has 0 N–H and O–H groups in total. The van der Waals surface area contributed by atoms with Crippen LogP contribution in [0, 0.1) is 41.5 Å². The van der Waals surface area contributed by atoms with E-state index < -0.39 is 0 Å². The number of hydrogen-bond donors (Lipinski definition) is 0. The molecular weight excluding hydrogens is 671 g/mol. The number of fused-ring (bicyclic) bond motifs is 8. The van der Waals surface area contributed by atoms with Crippen LogP contribution in [0.15, 0.2) is 127 Å². The molecule has 0 saturated carbocycles. The number of nitrogens with zero attached hydrogens (tertiary/aromatic N) is 2. The normalized spacial score (nSPS) is 12.9. The van der Waals surface area contributed by atoms with Gasteiger partial charge in [-0.05, 0) is 138 Å². The van der Waals surface area contributed by atoms with Gasteiger partial charge in [-0.2, -0.15) is 0 Å². The summed E-state index contributed by atoms with van der Waals surface area (Å²) >= 11 is 1.90. The summed E-state index contributed by atoms with van der Waals surface area (Å²) in [5, 5.41) is 7.64. The summed E-state index contributed by atoms with van der Waals surface area (Å²) in [6.45, 7) is 13.5. The van der Waals surface area contributed by atoms with Crippen LogP contribution in [0.25, 0.3) is 65.3 Å². The highest BCUT2D eigenvalue weighted by Crippen LogP contribution is 2.49. The van der Waals surface area contributed by atoms with Gasteiger partial charge in [0.1, 0.15) is 0 Å². The van der Waals surface area contributed by atoms with E-state index >= 15 is 0 Å². The van der Waals surface area contributed by atoms with Gasteiger partial charge in [-0.1, -0.05) is 102 Å². The maximum Gasteiger partial charge on any atom is 0.333 e. The minimum Gasteiger partial charge on any atom is -0.375 e. The highest BCUT2D eigenvalue weighted by molar-refractivity contribution is 7.17. The van der Waals surface area contributed by atoms with E-state index in [1.165, 1.54) is 127 Å². The summed E-state index contributed by atoms with van der Waals surface area (Å²) in [6, 6.07) is 46.4. The Labute approximate surface area is 321 Å². The van der Waals surface area contributed by atoms with Gasteiger partial charge < -0.3 is 9.38 Å². The topological polar surface area (TPSA) is 8.17 Å². The first-order valence-corrected chi connectivity index (χ1v) is 19.9. The lowest BCUT2D eigenvalue weighted by Crippen LogP contribution is -2.55. The molecule has 9 aromatic rings.